The fourth-order valence-electron chi connectivity index (χ4n) is 8.47. The molecule has 2 aliphatic heterocycles. The van der Waals surface area contributed by atoms with Crippen LogP contribution in [-0.2, 0) is 23.9 Å². The minimum atomic E-state index is -1.28. The largest absolute Gasteiger partial charge is 0.481 e. The van der Waals surface area contributed by atoms with Crippen LogP contribution in [0.2, 0.25) is 0 Å². The van der Waals surface area contributed by atoms with Gasteiger partial charge in [0.2, 0.25) is 17.7 Å². The van der Waals surface area contributed by atoms with Crippen LogP contribution in [-0.4, -0.2) is 143 Å². The molecule has 2 unspecified atom stereocenters. The van der Waals surface area contributed by atoms with Gasteiger partial charge >= 0.3 is 12.0 Å². The summed E-state index contributed by atoms with van der Waals surface area (Å²) < 4.78 is 5.50. The van der Waals surface area contributed by atoms with E-state index in [-0.39, 0.29) is 54.1 Å². The minimum absolute atomic E-state index is 0.0209. The number of nitrogens with one attached hydrogen (secondary N) is 6. The van der Waals surface area contributed by atoms with Crippen molar-refractivity contribution in [3.05, 3.63) is 95.8 Å². The second kappa shape index (κ2) is 26.2. The molecule has 428 valence electrons. The normalized spacial score (nSPS) is 19.1. The number of aliphatic hydroxyl groups excluding tert-OH is 1. The number of hydrogen-bond acceptors (Lipinski definition) is 23. The molecule has 9 rings (SSSR count). The minimum Gasteiger partial charge on any atom is -0.481 e. The maximum atomic E-state index is 14.5. The quantitative estimate of drug-likeness (QED) is 0.0543. The first-order valence-electron chi connectivity index (χ1n) is 25.1. The average molecular weight is 1230 g/mol. The highest BCUT2D eigenvalue weighted by Crippen LogP contribution is 2.40. The van der Waals surface area contributed by atoms with Crippen molar-refractivity contribution >= 4 is 121 Å². The Morgan fingerprint density at radius 1 is 0.829 bits per heavy atom. The molecule has 10 bridgehead atoms. The number of fused-ring (bicyclic) bond motifs is 13. The number of carbonyl (C=O) groups is 7. The number of thioether (sulfide) groups is 1. The number of carboxylic acids is 1. The number of aliphatic hydroxyl groups is 1. The summed E-state index contributed by atoms with van der Waals surface area (Å²) in [6.07, 6.45) is -1.88. The Morgan fingerprint density at radius 3 is 2.29 bits per heavy atom. The summed E-state index contributed by atoms with van der Waals surface area (Å²) in [6.45, 7) is 4.96. The number of anilines is 1. The first-order chi connectivity index (χ1) is 39.4. The lowest BCUT2D eigenvalue weighted by Crippen LogP contribution is -2.45. The van der Waals surface area contributed by atoms with Gasteiger partial charge in [-0.15, -0.1) is 68.4 Å². The monoisotopic (exact) mass is 1230 g/mol. The SMILES string of the molecule is CNC(=O)C[C@H]1c2nc(c(C)s2)C(=O)N[C@@H](C(C)C)C2=NC(C(=O)NCC(=O)N[C@@H]([C@@H](O)c3ccccc3)c3nc(cs3)-c3nc(cs3)-c3nc(-c4nc(NC(=O)NCCC(=O)O)cs4)ccc3-c3nc(cs3)C(=O)N1N)C(COC)S2. The number of hydrazine groups is 1. The Balaban J connectivity index is 1.12. The highest BCUT2D eigenvalue weighted by Gasteiger charge is 2.41. The lowest BCUT2D eigenvalue weighted by Gasteiger charge is -2.25. The molecule has 82 heavy (non-hydrogen) atoms. The summed E-state index contributed by atoms with van der Waals surface area (Å²) in [5.74, 6) is 2.54. The van der Waals surface area contributed by atoms with Crippen molar-refractivity contribution < 1.29 is 48.5 Å². The third-order valence-corrected chi connectivity index (χ3v) is 18.5. The number of nitrogens with two attached hydrogens (primary N) is 1. The number of amides is 7. The highest BCUT2D eigenvalue weighted by atomic mass is 32.2. The third kappa shape index (κ3) is 13.5. The zero-order valence-corrected chi connectivity index (χ0v) is 49.1. The zero-order valence-electron chi connectivity index (χ0n) is 44.2. The number of aliphatic carboxylic acids is 1. The number of methoxy groups -OCH3 is 1. The predicted octanol–water partition coefficient (Wildman–Crippen LogP) is 5.43. The van der Waals surface area contributed by atoms with E-state index in [9.17, 15) is 38.7 Å². The molecule has 6 aromatic heterocycles. The number of aliphatic imine (C=N–C) groups is 1. The van der Waals surface area contributed by atoms with Crippen molar-refractivity contribution in [2.24, 2.45) is 16.8 Å². The van der Waals surface area contributed by atoms with E-state index in [2.05, 4.69) is 41.9 Å². The van der Waals surface area contributed by atoms with Crippen LogP contribution in [0.1, 0.15) is 86.3 Å². The summed E-state index contributed by atoms with van der Waals surface area (Å²) in [7, 11) is 2.93. The van der Waals surface area contributed by atoms with E-state index in [1.807, 2.05) is 13.8 Å². The van der Waals surface area contributed by atoms with Gasteiger partial charge in [0, 0.05) is 52.7 Å². The van der Waals surface area contributed by atoms with Gasteiger partial charge in [0.1, 0.15) is 83.6 Å². The third-order valence-electron chi connectivity index (χ3n) is 12.6. The Kier molecular flexibility index (Phi) is 18.9. The van der Waals surface area contributed by atoms with Crippen molar-refractivity contribution in [3.63, 3.8) is 0 Å². The van der Waals surface area contributed by atoms with Crippen LogP contribution in [0.15, 0.2) is 69.0 Å². The number of hydrogen-bond donors (Lipinski definition) is 9. The van der Waals surface area contributed by atoms with Crippen LogP contribution in [0.4, 0.5) is 10.6 Å². The number of pyridine rings is 1. The molecule has 25 nitrogen and oxygen atoms in total. The number of nitrogens with zero attached hydrogens (tertiary/aromatic N) is 8. The van der Waals surface area contributed by atoms with Crippen LogP contribution in [0.3, 0.4) is 0 Å². The molecule has 0 saturated heterocycles. The van der Waals surface area contributed by atoms with Gasteiger partial charge in [-0.3, -0.25) is 44.1 Å². The maximum Gasteiger partial charge on any atom is 0.320 e. The summed E-state index contributed by atoms with van der Waals surface area (Å²) in [4.78, 5) is 127. The molecule has 8 heterocycles. The molecule has 10 N–H and O–H groups in total. The van der Waals surface area contributed by atoms with E-state index < -0.39 is 83.6 Å². The van der Waals surface area contributed by atoms with Crippen LogP contribution in [0.5, 0.6) is 0 Å². The van der Waals surface area contributed by atoms with Crippen molar-refractivity contribution in [1.82, 2.24) is 61.5 Å². The van der Waals surface area contributed by atoms with E-state index in [1.54, 1.807) is 65.5 Å². The highest BCUT2D eigenvalue weighted by molar-refractivity contribution is 8.15. The Hall–Kier alpha value is -7.49. The van der Waals surface area contributed by atoms with Crippen LogP contribution < -0.4 is 37.7 Å². The number of carbonyl (C=O) groups excluding carboxylic acids is 6. The number of ether oxygens (including phenoxy) is 1. The van der Waals surface area contributed by atoms with Crippen molar-refractivity contribution in [2.75, 3.05) is 39.2 Å². The molecule has 6 atom stereocenters. The molecule has 0 spiro atoms. The molecular weight excluding hydrogens is 1180 g/mol. The van der Waals surface area contributed by atoms with Gasteiger partial charge in [0.05, 0.1) is 48.0 Å². The number of rotatable bonds is 12. The average Bonchev–Trinajstić information content (AvgIpc) is 4.47. The summed E-state index contributed by atoms with van der Waals surface area (Å²) in [6, 6.07) is 7.52. The van der Waals surface area contributed by atoms with Crippen molar-refractivity contribution in [2.45, 2.75) is 69.1 Å². The number of aromatic nitrogens is 6. The summed E-state index contributed by atoms with van der Waals surface area (Å²) >= 11 is 7.07. The molecule has 0 saturated carbocycles. The Morgan fingerprint density at radius 2 is 1.55 bits per heavy atom. The number of thiazole rings is 5. The first-order valence-corrected chi connectivity index (χ1v) is 30.3. The molecule has 7 amide bonds. The number of benzene rings is 1. The van der Waals surface area contributed by atoms with Crippen LogP contribution in [0.25, 0.3) is 43.4 Å². The Labute approximate surface area is 492 Å². The maximum absolute atomic E-state index is 14.5. The van der Waals surface area contributed by atoms with E-state index in [4.69, 9.17) is 40.6 Å². The van der Waals surface area contributed by atoms with E-state index in [0.29, 0.717) is 63.9 Å². The molecule has 0 aliphatic carbocycles. The topological polar surface area (TPSA) is 360 Å². The first kappa shape index (κ1) is 59.1. The van der Waals surface area contributed by atoms with E-state index >= 15 is 0 Å². The zero-order chi connectivity index (χ0) is 58.4. The Bertz CT molecular complexity index is 3560. The molecule has 0 fully saturated rings. The molecule has 0 radical (unpaired) electrons. The second-order valence-corrected chi connectivity index (χ2v) is 24.7. The van der Waals surface area contributed by atoms with Gasteiger partial charge in [-0.05, 0) is 30.5 Å². The van der Waals surface area contributed by atoms with Gasteiger partial charge in [0.15, 0.2) is 0 Å². The van der Waals surface area contributed by atoms with Crippen molar-refractivity contribution in [1.29, 1.82) is 0 Å². The van der Waals surface area contributed by atoms with Gasteiger partial charge in [-0.25, -0.2) is 40.5 Å². The van der Waals surface area contributed by atoms with E-state index in [0.717, 1.165) is 27.7 Å². The van der Waals surface area contributed by atoms with E-state index in [1.165, 1.54) is 65.3 Å². The van der Waals surface area contributed by atoms with Gasteiger partial charge in [0.25, 0.3) is 11.8 Å². The number of urea groups is 1. The predicted molar refractivity (Wildman–Crippen MR) is 312 cm³/mol. The van der Waals surface area contributed by atoms with Crippen LogP contribution >= 0.6 is 68.4 Å². The molecule has 7 aromatic rings. The lowest BCUT2D eigenvalue weighted by molar-refractivity contribution is -0.136. The standard InChI is InChI=1S/C51H53N15O10S6/c1-22(2)36-49-65-39(31(82-49)17-76-5)42(72)55-16-34(68)62-40(41(71)24-9-7-6-8-10-24)48-58-28(19-79-48)46-57-27(18-78-46)38-25(11-12-26(56-38)45-60-32(21-80-45)61-51(75)54-14-13-35(69)70)44-59-29(20-77-44)50(74)66(52)30(15-33(67)53-4)47-64-37(23(3)81-47)43(73)63-36/h6-12,18-22,30-31,36,39-41,71H,13-17,52H2,1-5H3,(H,53,67)(H,55,72)(H,62,68)(H,63,73)(H,69,70)(H2,54,61,75)/t30-,31?,36-,39?,40-,41-/m0/s1. The molecule has 1 aromatic carbocycles. The lowest BCUT2D eigenvalue weighted by atomic mass is 10.0. The van der Waals surface area contributed by atoms with Crippen molar-refractivity contribution in [3.8, 4) is 43.4 Å². The molecular formula is C51H53N15O10S6. The summed E-state index contributed by atoms with van der Waals surface area (Å²) in [5, 5.41) is 46.2. The number of aryl methyl sites for hydroxylation is 1. The molecule has 31 heteroatoms. The fourth-order valence-corrected chi connectivity index (χ4v) is 14.2. The van der Waals surface area contributed by atoms with Crippen LogP contribution in [0, 0.1) is 12.8 Å². The van der Waals surface area contributed by atoms with Gasteiger partial charge in [-0.1, -0.05) is 44.2 Å². The summed E-state index contributed by atoms with van der Waals surface area (Å²) in [5.41, 5.74) is 2.35. The smallest absolute Gasteiger partial charge is 0.320 e. The number of carboxylic acid groups (broad SMARTS) is 1. The second-order valence-electron chi connectivity index (χ2n) is 18.7. The van der Waals surface area contributed by atoms with Gasteiger partial charge in [-0.2, -0.15) is 0 Å². The van der Waals surface area contributed by atoms with Gasteiger partial charge < -0.3 is 41.5 Å². The fraction of sp³-hybridized carbons (Fsp3) is 0.333. The molecule has 2 aliphatic rings.